The fraction of sp³-hybridized carbons (Fsp3) is 0.185. The molecule has 1 aliphatic rings. The van der Waals surface area contributed by atoms with Crippen LogP contribution in [0.5, 0.6) is 0 Å². The summed E-state index contributed by atoms with van der Waals surface area (Å²) in [5.74, 6) is -0.592. The first-order valence-electron chi connectivity index (χ1n) is 11.4. The third-order valence-corrected chi connectivity index (χ3v) is 6.90. The van der Waals surface area contributed by atoms with Crippen molar-refractivity contribution in [2.75, 3.05) is 31.5 Å². The number of amides is 1. The van der Waals surface area contributed by atoms with E-state index in [1.807, 2.05) is 47.4 Å². The molecule has 1 aliphatic heterocycles. The minimum absolute atomic E-state index is 0.0509. The highest BCUT2D eigenvalue weighted by molar-refractivity contribution is 7.85. The maximum atomic E-state index is 12.6. The van der Waals surface area contributed by atoms with Crippen LogP contribution in [0.2, 0.25) is 0 Å². The lowest BCUT2D eigenvalue weighted by atomic mass is 9.96. The molecular weight excluding hydrogens is 476 g/mol. The molecule has 4 rings (SSSR count). The Morgan fingerprint density at radius 1 is 0.889 bits per heavy atom. The molecule has 0 bridgehead atoms. The third kappa shape index (κ3) is 6.17. The number of carbonyl (C=O) groups is 1. The summed E-state index contributed by atoms with van der Waals surface area (Å²) in [6, 6.07) is 27.8. The van der Waals surface area contributed by atoms with Crippen molar-refractivity contribution in [2.24, 2.45) is 0 Å². The van der Waals surface area contributed by atoms with Crippen molar-refractivity contribution in [1.29, 1.82) is 5.26 Å². The molecule has 0 radical (unpaired) electrons. The molecule has 9 heteroatoms. The van der Waals surface area contributed by atoms with Crippen LogP contribution in [0.3, 0.4) is 0 Å². The van der Waals surface area contributed by atoms with Crippen molar-refractivity contribution >= 4 is 21.7 Å². The van der Waals surface area contributed by atoms with Crippen molar-refractivity contribution in [1.82, 2.24) is 9.80 Å². The molecule has 0 spiro atoms. The number of piperazine rings is 1. The number of nitrogens with zero attached hydrogens (tertiary/aromatic N) is 3. The molecule has 1 amide bonds. The van der Waals surface area contributed by atoms with Crippen LogP contribution in [0.4, 0.5) is 5.69 Å². The topological polar surface area (TPSA) is 114 Å². The monoisotopic (exact) mass is 502 g/mol. The molecule has 1 fully saturated rings. The molecule has 0 aliphatic carbocycles. The van der Waals surface area contributed by atoms with Crippen LogP contribution in [0.25, 0.3) is 0 Å². The van der Waals surface area contributed by atoms with E-state index in [1.165, 1.54) is 35.4 Å². The quantitative estimate of drug-likeness (QED) is 0.288. The molecule has 1 saturated heterocycles. The Balaban J connectivity index is 1.43. The minimum atomic E-state index is -4.32. The fourth-order valence-corrected chi connectivity index (χ4v) is 4.72. The van der Waals surface area contributed by atoms with E-state index in [0.717, 1.165) is 13.1 Å². The van der Waals surface area contributed by atoms with Crippen LogP contribution in [0.1, 0.15) is 17.2 Å². The summed E-state index contributed by atoms with van der Waals surface area (Å²) in [5, 5.41) is 12.2. The van der Waals surface area contributed by atoms with Gasteiger partial charge in [-0.2, -0.15) is 13.7 Å². The van der Waals surface area contributed by atoms with Crippen LogP contribution in [0.15, 0.2) is 102 Å². The average molecular weight is 503 g/mol. The van der Waals surface area contributed by atoms with Gasteiger partial charge in [0.25, 0.3) is 16.0 Å². The summed E-state index contributed by atoms with van der Waals surface area (Å²) in [6.45, 7) is 2.81. The highest BCUT2D eigenvalue weighted by Gasteiger charge is 2.26. The minimum Gasteiger partial charge on any atom is -0.374 e. The molecule has 184 valence electrons. The summed E-state index contributed by atoms with van der Waals surface area (Å²) in [6.07, 6.45) is 1.57. The Kier molecular flexibility index (Phi) is 7.80. The van der Waals surface area contributed by atoms with Gasteiger partial charge in [0.2, 0.25) is 0 Å². The van der Waals surface area contributed by atoms with Crippen LogP contribution >= 0.6 is 0 Å². The first-order valence-corrected chi connectivity index (χ1v) is 12.9. The van der Waals surface area contributed by atoms with Gasteiger partial charge < -0.3 is 10.2 Å². The van der Waals surface area contributed by atoms with Crippen LogP contribution in [-0.2, 0) is 14.9 Å². The molecular formula is C27H26N4O4S. The predicted molar refractivity (Wildman–Crippen MR) is 136 cm³/mol. The maximum absolute atomic E-state index is 12.6. The highest BCUT2D eigenvalue weighted by atomic mass is 32.2. The fourth-order valence-electron chi connectivity index (χ4n) is 4.24. The zero-order chi connectivity index (χ0) is 25.5. The van der Waals surface area contributed by atoms with Gasteiger partial charge in [-0.1, -0.05) is 60.7 Å². The third-order valence-electron chi connectivity index (χ3n) is 6.03. The van der Waals surface area contributed by atoms with Gasteiger partial charge in [-0.3, -0.25) is 14.2 Å². The summed E-state index contributed by atoms with van der Waals surface area (Å²) < 4.78 is 31.4. The van der Waals surface area contributed by atoms with Gasteiger partial charge >= 0.3 is 0 Å². The van der Waals surface area contributed by atoms with Crippen LogP contribution in [0, 0.1) is 11.3 Å². The van der Waals surface area contributed by atoms with Gasteiger partial charge in [-0.15, -0.1) is 0 Å². The zero-order valence-electron chi connectivity index (χ0n) is 19.5. The van der Waals surface area contributed by atoms with Crippen molar-refractivity contribution in [3.63, 3.8) is 0 Å². The first kappa shape index (κ1) is 25.1. The average Bonchev–Trinajstić information content (AvgIpc) is 2.89. The number of nitriles is 1. The van der Waals surface area contributed by atoms with E-state index in [1.54, 1.807) is 6.20 Å². The first-order chi connectivity index (χ1) is 17.3. The number of rotatable bonds is 7. The Bertz CT molecular complexity index is 1320. The van der Waals surface area contributed by atoms with Crippen LogP contribution < -0.4 is 5.32 Å². The van der Waals surface area contributed by atoms with E-state index in [2.05, 4.69) is 34.5 Å². The normalized spacial score (nSPS) is 14.9. The number of carbonyl (C=O) groups excluding carboxylic acids is 1. The Morgan fingerprint density at radius 3 is 1.89 bits per heavy atom. The van der Waals surface area contributed by atoms with Crippen molar-refractivity contribution < 1.29 is 17.8 Å². The van der Waals surface area contributed by atoms with Crippen LogP contribution in [-0.4, -0.2) is 54.9 Å². The summed E-state index contributed by atoms with van der Waals surface area (Å²) in [7, 11) is -4.32. The van der Waals surface area contributed by atoms with E-state index in [-0.39, 0.29) is 16.5 Å². The molecule has 0 atom stereocenters. The van der Waals surface area contributed by atoms with Gasteiger partial charge in [-0.25, -0.2) is 0 Å². The largest absolute Gasteiger partial charge is 0.374 e. The lowest BCUT2D eigenvalue weighted by Gasteiger charge is -2.39. The van der Waals surface area contributed by atoms with Gasteiger partial charge in [0.1, 0.15) is 11.6 Å². The summed E-state index contributed by atoms with van der Waals surface area (Å²) >= 11 is 0. The van der Waals surface area contributed by atoms with E-state index in [0.29, 0.717) is 18.8 Å². The molecule has 0 saturated carbocycles. The van der Waals surface area contributed by atoms with Crippen molar-refractivity contribution in [3.05, 3.63) is 108 Å². The second-order valence-corrected chi connectivity index (χ2v) is 9.83. The Labute approximate surface area is 210 Å². The summed E-state index contributed by atoms with van der Waals surface area (Å²) in [4.78, 5) is 16.7. The molecule has 8 nitrogen and oxygen atoms in total. The van der Waals surface area contributed by atoms with Crippen molar-refractivity contribution in [3.8, 4) is 6.07 Å². The maximum Gasteiger partial charge on any atom is 0.294 e. The zero-order valence-corrected chi connectivity index (χ0v) is 20.3. The predicted octanol–water partition coefficient (Wildman–Crippen LogP) is 3.69. The number of anilines is 1. The second kappa shape index (κ2) is 11.2. The Hall–Kier alpha value is -3.97. The molecule has 2 N–H and O–H groups in total. The standard InChI is InChI=1S/C27H26N4O4S/c28-19-23(27(32)29-24-11-13-25(14-12-24)36(33,34)35)20-30-15-17-31(18-16-30)26(21-7-3-1-4-8-21)22-9-5-2-6-10-22/h1-14,20,26H,15-18H2,(H,29,32)(H,33,34,35)/b23-20-. The second-order valence-electron chi connectivity index (χ2n) is 8.40. The lowest BCUT2D eigenvalue weighted by Crippen LogP contribution is -2.46. The Morgan fingerprint density at radius 2 is 1.42 bits per heavy atom. The number of hydrogen-bond acceptors (Lipinski definition) is 6. The molecule has 1 heterocycles. The highest BCUT2D eigenvalue weighted by Crippen LogP contribution is 2.29. The van der Waals surface area contributed by atoms with Gasteiger partial charge in [0, 0.05) is 38.1 Å². The smallest absolute Gasteiger partial charge is 0.294 e. The van der Waals surface area contributed by atoms with E-state index < -0.39 is 16.0 Å². The van der Waals surface area contributed by atoms with E-state index in [9.17, 15) is 18.5 Å². The van der Waals surface area contributed by atoms with Gasteiger partial charge in [-0.05, 0) is 35.4 Å². The molecule has 3 aromatic rings. The number of nitrogens with one attached hydrogen (secondary N) is 1. The van der Waals surface area contributed by atoms with E-state index >= 15 is 0 Å². The van der Waals surface area contributed by atoms with Crippen molar-refractivity contribution in [2.45, 2.75) is 10.9 Å². The molecule has 3 aromatic carbocycles. The molecule has 36 heavy (non-hydrogen) atoms. The SMILES string of the molecule is N#C/C(=C/N1CCN(C(c2ccccc2)c2ccccc2)CC1)C(=O)Nc1ccc(S(=O)(=O)O)cc1. The molecule has 0 aromatic heterocycles. The van der Waals surface area contributed by atoms with Gasteiger partial charge in [0.05, 0.1) is 10.9 Å². The van der Waals surface area contributed by atoms with E-state index in [4.69, 9.17) is 4.55 Å². The number of benzene rings is 3. The van der Waals surface area contributed by atoms with Gasteiger partial charge in [0.15, 0.2) is 0 Å². The number of hydrogen-bond donors (Lipinski definition) is 2. The molecule has 0 unspecified atom stereocenters. The summed E-state index contributed by atoms with van der Waals surface area (Å²) in [5.41, 5.74) is 2.69. The lowest BCUT2D eigenvalue weighted by molar-refractivity contribution is -0.112.